The first-order valence-corrected chi connectivity index (χ1v) is 9.98. The molecular formula is C19H20F5N7O3. The van der Waals surface area contributed by atoms with Gasteiger partial charge in [0.05, 0.1) is 43.3 Å². The Labute approximate surface area is 188 Å². The highest BCUT2D eigenvalue weighted by Gasteiger charge is 2.27. The van der Waals surface area contributed by atoms with Crippen LogP contribution < -0.4 is 10.6 Å². The van der Waals surface area contributed by atoms with E-state index in [1.165, 1.54) is 6.20 Å². The molecule has 0 saturated heterocycles. The van der Waals surface area contributed by atoms with Crippen LogP contribution in [0.1, 0.15) is 34.7 Å². The first-order chi connectivity index (χ1) is 16.1. The standard InChI is InChI=1S/C19H20F5N7O3/c20-18(21)34-6-5-31-27-9-14(30-31)17(33)26-10-15-28-12-2-1-11(7-13(12)29-15)8-25-16(32)3-4-19(22,23)24/h1-2,7,9,18H,3-6,8,10H2,(H,25,32)(H,26,33)(H,28,29). The van der Waals surface area contributed by atoms with Crippen molar-refractivity contribution in [1.82, 2.24) is 35.6 Å². The van der Waals surface area contributed by atoms with Gasteiger partial charge in [0, 0.05) is 13.0 Å². The van der Waals surface area contributed by atoms with Gasteiger partial charge in [-0.1, -0.05) is 6.07 Å². The largest absolute Gasteiger partial charge is 0.389 e. The summed E-state index contributed by atoms with van der Waals surface area (Å²) in [6, 6.07) is 5.03. The number of carbonyl (C=O) groups is 2. The van der Waals surface area contributed by atoms with Crippen LogP contribution in [0.3, 0.4) is 0 Å². The monoisotopic (exact) mass is 489 g/mol. The lowest BCUT2D eigenvalue weighted by atomic mass is 10.2. The molecule has 184 valence electrons. The first-order valence-electron chi connectivity index (χ1n) is 9.98. The second-order valence-corrected chi connectivity index (χ2v) is 7.07. The lowest BCUT2D eigenvalue weighted by molar-refractivity contribution is -0.144. The van der Waals surface area contributed by atoms with E-state index in [4.69, 9.17) is 0 Å². The SMILES string of the molecule is O=C(CCC(F)(F)F)NCc1ccc2nc(CNC(=O)c3cnn(CCOC(F)F)n3)[nH]c2c1. The number of halogens is 5. The molecule has 15 heteroatoms. The maximum Gasteiger partial charge on any atom is 0.389 e. The normalized spacial score (nSPS) is 11.8. The van der Waals surface area contributed by atoms with Crippen LogP contribution in [0, 0.1) is 0 Å². The highest BCUT2D eigenvalue weighted by atomic mass is 19.4. The van der Waals surface area contributed by atoms with Gasteiger partial charge in [-0.15, -0.1) is 5.10 Å². The molecule has 10 nitrogen and oxygen atoms in total. The molecule has 1 aromatic carbocycles. The van der Waals surface area contributed by atoms with Gasteiger partial charge in [0.2, 0.25) is 5.91 Å². The van der Waals surface area contributed by atoms with Gasteiger partial charge < -0.3 is 20.4 Å². The molecule has 3 aromatic rings. The fourth-order valence-electron chi connectivity index (χ4n) is 2.83. The molecule has 0 aliphatic heterocycles. The molecular weight excluding hydrogens is 469 g/mol. The minimum atomic E-state index is -4.39. The number of benzene rings is 1. The van der Waals surface area contributed by atoms with Crippen LogP contribution in [0.25, 0.3) is 11.0 Å². The maximum absolute atomic E-state index is 12.2. The van der Waals surface area contributed by atoms with E-state index in [1.54, 1.807) is 18.2 Å². The van der Waals surface area contributed by atoms with E-state index >= 15 is 0 Å². The van der Waals surface area contributed by atoms with Crippen LogP contribution in [0.15, 0.2) is 24.4 Å². The van der Waals surface area contributed by atoms with E-state index in [0.29, 0.717) is 22.4 Å². The van der Waals surface area contributed by atoms with Gasteiger partial charge in [-0.05, 0) is 17.7 Å². The third-order valence-electron chi connectivity index (χ3n) is 4.44. The van der Waals surface area contributed by atoms with Crippen LogP contribution in [-0.4, -0.2) is 56.2 Å². The first kappa shape index (κ1) is 25.0. The molecule has 0 bridgehead atoms. The van der Waals surface area contributed by atoms with Crippen LogP contribution >= 0.6 is 0 Å². The van der Waals surface area contributed by atoms with Crippen LogP contribution in [0.4, 0.5) is 22.0 Å². The zero-order valence-corrected chi connectivity index (χ0v) is 17.5. The van der Waals surface area contributed by atoms with E-state index < -0.39 is 37.4 Å². The number of hydrogen-bond acceptors (Lipinski definition) is 6. The van der Waals surface area contributed by atoms with Gasteiger partial charge >= 0.3 is 12.8 Å². The van der Waals surface area contributed by atoms with Gasteiger partial charge in [-0.2, -0.15) is 31.8 Å². The molecule has 2 heterocycles. The average molecular weight is 489 g/mol. The lowest BCUT2D eigenvalue weighted by Gasteiger charge is -2.07. The summed E-state index contributed by atoms with van der Waals surface area (Å²) >= 11 is 0. The Morgan fingerprint density at radius 1 is 1.18 bits per heavy atom. The summed E-state index contributed by atoms with van der Waals surface area (Å²) in [6.07, 6.45) is -5.03. The Morgan fingerprint density at radius 2 is 1.97 bits per heavy atom. The number of fused-ring (bicyclic) bond motifs is 1. The Balaban J connectivity index is 1.50. The van der Waals surface area contributed by atoms with Crippen molar-refractivity contribution >= 4 is 22.8 Å². The van der Waals surface area contributed by atoms with E-state index in [1.807, 2.05) is 0 Å². The lowest BCUT2D eigenvalue weighted by Crippen LogP contribution is -2.24. The summed E-state index contributed by atoms with van der Waals surface area (Å²) in [7, 11) is 0. The number of nitrogens with zero attached hydrogens (tertiary/aromatic N) is 4. The van der Waals surface area contributed by atoms with Crippen molar-refractivity contribution in [2.24, 2.45) is 0 Å². The average Bonchev–Trinajstić information content (AvgIpc) is 3.40. The number of aromatic nitrogens is 5. The van der Waals surface area contributed by atoms with Crippen molar-refractivity contribution in [1.29, 1.82) is 0 Å². The Kier molecular flexibility index (Phi) is 8.09. The second-order valence-electron chi connectivity index (χ2n) is 7.07. The van der Waals surface area contributed by atoms with Crippen LogP contribution in [-0.2, 0) is 29.2 Å². The molecule has 0 spiro atoms. The molecule has 0 atom stereocenters. The predicted octanol–water partition coefficient (Wildman–Crippen LogP) is 2.28. The summed E-state index contributed by atoms with van der Waals surface area (Å²) in [5.74, 6) is -0.833. The third kappa shape index (κ3) is 7.75. The molecule has 0 radical (unpaired) electrons. The summed E-state index contributed by atoms with van der Waals surface area (Å²) in [6.45, 7) is -3.19. The van der Waals surface area contributed by atoms with Crippen molar-refractivity contribution in [2.45, 2.75) is 45.3 Å². The van der Waals surface area contributed by atoms with Crippen molar-refractivity contribution < 1.29 is 36.3 Å². The quantitative estimate of drug-likeness (QED) is 0.355. The molecule has 2 aromatic heterocycles. The summed E-state index contributed by atoms with van der Waals surface area (Å²) in [5, 5.41) is 12.7. The van der Waals surface area contributed by atoms with Crippen molar-refractivity contribution in [3.63, 3.8) is 0 Å². The topological polar surface area (TPSA) is 127 Å². The Morgan fingerprint density at radius 3 is 2.71 bits per heavy atom. The number of rotatable bonds is 11. The fraction of sp³-hybridized carbons (Fsp3) is 0.421. The number of nitrogens with one attached hydrogen (secondary N) is 3. The van der Waals surface area contributed by atoms with Gasteiger partial charge in [0.1, 0.15) is 5.82 Å². The van der Waals surface area contributed by atoms with E-state index in [0.717, 1.165) is 4.80 Å². The number of aromatic amines is 1. The summed E-state index contributed by atoms with van der Waals surface area (Å²) in [4.78, 5) is 32.2. The summed E-state index contributed by atoms with van der Waals surface area (Å²) in [5.41, 5.74) is 1.83. The Bertz CT molecular complexity index is 1130. The number of imidazole rings is 1. The highest BCUT2D eigenvalue weighted by molar-refractivity contribution is 5.91. The zero-order chi connectivity index (χ0) is 24.7. The van der Waals surface area contributed by atoms with E-state index in [-0.39, 0.29) is 31.9 Å². The smallest absolute Gasteiger partial charge is 0.352 e. The Hall–Kier alpha value is -3.62. The maximum atomic E-state index is 12.2. The highest BCUT2D eigenvalue weighted by Crippen LogP contribution is 2.21. The molecule has 0 fully saturated rings. The number of ether oxygens (including phenoxy) is 1. The van der Waals surface area contributed by atoms with Gasteiger partial charge in [0.25, 0.3) is 5.91 Å². The number of amides is 2. The number of carbonyl (C=O) groups excluding carboxylic acids is 2. The van der Waals surface area contributed by atoms with Crippen molar-refractivity contribution in [3.05, 3.63) is 41.5 Å². The molecule has 34 heavy (non-hydrogen) atoms. The van der Waals surface area contributed by atoms with Gasteiger partial charge in [0.15, 0.2) is 5.69 Å². The molecule has 0 aliphatic carbocycles. The van der Waals surface area contributed by atoms with Crippen molar-refractivity contribution in [2.75, 3.05) is 6.61 Å². The third-order valence-corrected chi connectivity index (χ3v) is 4.44. The van der Waals surface area contributed by atoms with Gasteiger partial charge in [-0.25, -0.2) is 4.98 Å². The van der Waals surface area contributed by atoms with Crippen LogP contribution in [0.2, 0.25) is 0 Å². The zero-order valence-electron chi connectivity index (χ0n) is 17.5. The number of alkyl halides is 5. The van der Waals surface area contributed by atoms with Gasteiger partial charge in [-0.3, -0.25) is 9.59 Å². The molecule has 0 unspecified atom stereocenters. The summed E-state index contributed by atoms with van der Waals surface area (Å²) < 4.78 is 64.6. The second kappa shape index (κ2) is 11.0. The minimum absolute atomic E-state index is 0.0169. The molecule has 0 saturated carbocycles. The molecule has 3 rings (SSSR count). The predicted molar refractivity (Wildman–Crippen MR) is 106 cm³/mol. The van der Waals surface area contributed by atoms with E-state index in [9.17, 15) is 31.5 Å². The van der Waals surface area contributed by atoms with Crippen LogP contribution in [0.5, 0.6) is 0 Å². The van der Waals surface area contributed by atoms with Crippen molar-refractivity contribution in [3.8, 4) is 0 Å². The minimum Gasteiger partial charge on any atom is -0.352 e. The molecule has 3 N–H and O–H groups in total. The molecule has 2 amide bonds. The number of H-pyrrole nitrogens is 1. The van der Waals surface area contributed by atoms with E-state index in [2.05, 4.69) is 35.5 Å². The molecule has 0 aliphatic rings. The fourth-order valence-corrected chi connectivity index (χ4v) is 2.83. The number of hydrogen-bond donors (Lipinski definition) is 3.